The smallest absolute Gasteiger partial charge is 0.244 e. The fourth-order valence-corrected chi connectivity index (χ4v) is 4.15. The second kappa shape index (κ2) is 6.30. The number of nitrogens with one attached hydrogen (secondary N) is 1. The van der Waals surface area contributed by atoms with Gasteiger partial charge in [0.2, 0.25) is 10.0 Å². The van der Waals surface area contributed by atoms with E-state index in [-0.39, 0.29) is 0 Å². The summed E-state index contributed by atoms with van der Waals surface area (Å²) in [6, 6.07) is 1.72. The first-order valence-corrected chi connectivity index (χ1v) is 7.71. The highest BCUT2D eigenvalue weighted by Gasteiger charge is 2.23. The van der Waals surface area contributed by atoms with Crippen LogP contribution in [-0.4, -0.2) is 32.9 Å². The van der Waals surface area contributed by atoms with E-state index in [2.05, 4.69) is 11.9 Å². The average Bonchev–Trinajstić information content (AvgIpc) is 2.75. The summed E-state index contributed by atoms with van der Waals surface area (Å²) in [5, 5.41) is 4.69. The molecule has 1 aromatic heterocycles. The highest BCUT2D eigenvalue weighted by Crippen LogP contribution is 2.22. The number of nitrogens with zero attached hydrogens (tertiary/aromatic N) is 1. The van der Waals surface area contributed by atoms with E-state index in [9.17, 15) is 8.42 Å². The molecule has 0 spiro atoms. The Balaban J connectivity index is 2.98. The summed E-state index contributed by atoms with van der Waals surface area (Å²) in [5.41, 5.74) is 0. The van der Waals surface area contributed by atoms with Crippen molar-refractivity contribution in [1.29, 1.82) is 0 Å². The van der Waals surface area contributed by atoms with Crippen LogP contribution in [0.5, 0.6) is 0 Å². The fraction of sp³-hybridized carbons (Fsp3) is 0.455. The predicted molar refractivity (Wildman–Crippen MR) is 71.7 cm³/mol. The molecule has 6 heteroatoms. The summed E-state index contributed by atoms with van der Waals surface area (Å²) in [7, 11) is -1.53. The van der Waals surface area contributed by atoms with E-state index in [0.717, 1.165) is 4.88 Å². The molecule has 0 aromatic carbocycles. The molecule has 0 bridgehead atoms. The minimum Gasteiger partial charge on any atom is -0.315 e. The van der Waals surface area contributed by atoms with E-state index in [4.69, 9.17) is 0 Å². The molecule has 1 aromatic rings. The summed E-state index contributed by atoms with van der Waals surface area (Å²) in [5.74, 6) is 0. The third kappa shape index (κ3) is 3.38. The number of hydrogen-bond acceptors (Lipinski definition) is 4. The number of thiophene rings is 1. The molecule has 0 unspecified atom stereocenters. The average molecular weight is 274 g/mol. The van der Waals surface area contributed by atoms with Gasteiger partial charge >= 0.3 is 0 Å². The third-order valence-corrected chi connectivity index (χ3v) is 5.31. The molecule has 0 aliphatic carbocycles. The van der Waals surface area contributed by atoms with Crippen LogP contribution < -0.4 is 5.32 Å². The van der Waals surface area contributed by atoms with Crippen LogP contribution in [0.3, 0.4) is 0 Å². The van der Waals surface area contributed by atoms with Gasteiger partial charge in [-0.3, -0.25) is 0 Å². The first-order valence-electron chi connectivity index (χ1n) is 5.39. The van der Waals surface area contributed by atoms with Gasteiger partial charge in [0, 0.05) is 29.9 Å². The standard InChI is InChI=1S/C11H18N2O2S2/c1-4-6-13(5-2)17(14,15)11-7-10(8-12-3)16-9-11/h4,7,9,12H,1,5-6,8H2,2-3H3. The van der Waals surface area contributed by atoms with E-state index < -0.39 is 10.0 Å². The van der Waals surface area contributed by atoms with Gasteiger partial charge < -0.3 is 5.32 Å². The van der Waals surface area contributed by atoms with Crippen molar-refractivity contribution in [2.24, 2.45) is 0 Å². The topological polar surface area (TPSA) is 49.4 Å². The van der Waals surface area contributed by atoms with Gasteiger partial charge in [-0.05, 0) is 13.1 Å². The zero-order valence-corrected chi connectivity index (χ0v) is 11.8. The van der Waals surface area contributed by atoms with E-state index in [1.807, 2.05) is 14.0 Å². The predicted octanol–water partition coefficient (Wildman–Crippen LogP) is 1.66. The van der Waals surface area contributed by atoms with Crippen molar-refractivity contribution in [3.05, 3.63) is 29.0 Å². The minimum absolute atomic E-state index is 0.343. The normalized spacial score (nSPS) is 11.9. The van der Waals surface area contributed by atoms with Crippen molar-refractivity contribution in [3.8, 4) is 0 Å². The van der Waals surface area contributed by atoms with Crippen LogP contribution in [0.2, 0.25) is 0 Å². The van der Waals surface area contributed by atoms with Crippen LogP contribution in [-0.2, 0) is 16.6 Å². The van der Waals surface area contributed by atoms with Crippen LogP contribution in [0.4, 0.5) is 0 Å². The van der Waals surface area contributed by atoms with Gasteiger partial charge in [0.25, 0.3) is 0 Å². The summed E-state index contributed by atoms with van der Waals surface area (Å²) < 4.78 is 25.9. The number of likely N-dealkylation sites (N-methyl/N-ethyl adjacent to an activating group) is 1. The lowest BCUT2D eigenvalue weighted by Gasteiger charge is -2.17. The van der Waals surface area contributed by atoms with Crippen LogP contribution in [0.15, 0.2) is 29.0 Å². The molecular formula is C11H18N2O2S2. The minimum atomic E-state index is -3.37. The highest BCUT2D eigenvalue weighted by molar-refractivity contribution is 7.89. The molecule has 1 heterocycles. The van der Waals surface area contributed by atoms with Crippen LogP contribution in [0.25, 0.3) is 0 Å². The van der Waals surface area contributed by atoms with Crippen molar-refractivity contribution in [2.75, 3.05) is 20.1 Å². The second-order valence-electron chi connectivity index (χ2n) is 3.52. The van der Waals surface area contributed by atoms with Crippen molar-refractivity contribution in [1.82, 2.24) is 9.62 Å². The SMILES string of the molecule is C=CCN(CC)S(=O)(=O)c1csc(CNC)c1. The molecule has 4 nitrogen and oxygen atoms in total. The summed E-state index contributed by atoms with van der Waals surface area (Å²) in [6.07, 6.45) is 1.60. The van der Waals surface area contributed by atoms with Gasteiger partial charge in [-0.25, -0.2) is 8.42 Å². The van der Waals surface area contributed by atoms with Crippen molar-refractivity contribution in [3.63, 3.8) is 0 Å². The maximum atomic E-state index is 12.2. The summed E-state index contributed by atoms with van der Waals surface area (Å²) in [4.78, 5) is 1.39. The Kier molecular flexibility index (Phi) is 5.32. The van der Waals surface area contributed by atoms with Crippen LogP contribution in [0.1, 0.15) is 11.8 Å². The largest absolute Gasteiger partial charge is 0.315 e. The molecule has 0 saturated heterocycles. The van der Waals surface area contributed by atoms with Gasteiger partial charge in [-0.1, -0.05) is 13.0 Å². The van der Waals surface area contributed by atoms with Crippen molar-refractivity contribution >= 4 is 21.4 Å². The molecule has 96 valence electrons. The Labute approximate surface area is 107 Å². The molecule has 0 fully saturated rings. The Hall–Kier alpha value is -0.690. The maximum Gasteiger partial charge on any atom is 0.244 e. The van der Waals surface area contributed by atoms with E-state index >= 15 is 0 Å². The molecule has 1 N–H and O–H groups in total. The molecule has 0 aliphatic heterocycles. The summed E-state index contributed by atoms with van der Waals surface area (Å²) >= 11 is 1.45. The van der Waals surface area contributed by atoms with E-state index in [1.54, 1.807) is 17.5 Å². The Morgan fingerprint density at radius 2 is 2.29 bits per heavy atom. The Morgan fingerprint density at radius 1 is 1.59 bits per heavy atom. The molecule has 0 amide bonds. The van der Waals surface area contributed by atoms with Gasteiger partial charge in [0.15, 0.2) is 0 Å². The van der Waals surface area contributed by atoms with E-state index in [0.29, 0.717) is 24.5 Å². The van der Waals surface area contributed by atoms with Gasteiger partial charge in [-0.2, -0.15) is 4.31 Å². The number of rotatable bonds is 7. The van der Waals surface area contributed by atoms with Gasteiger partial charge in [0.1, 0.15) is 0 Å². The Bertz CT molecular complexity index is 466. The lowest BCUT2D eigenvalue weighted by molar-refractivity contribution is 0.460. The Morgan fingerprint density at radius 3 is 2.82 bits per heavy atom. The molecular weight excluding hydrogens is 256 g/mol. The molecule has 0 radical (unpaired) electrons. The first-order chi connectivity index (χ1) is 8.06. The lowest BCUT2D eigenvalue weighted by Crippen LogP contribution is -2.30. The third-order valence-electron chi connectivity index (χ3n) is 2.30. The lowest BCUT2D eigenvalue weighted by atomic mass is 10.5. The quantitative estimate of drug-likeness (QED) is 0.769. The zero-order chi connectivity index (χ0) is 12.9. The molecule has 0 saturated carbocycles. The van der Waals surface area contributed by atoms with E-state index in [1.165, 1.54) is 15.6 Å². The van der Waals surface area contributed by atoms with Crippen LogP contribution in [0, 0.1) is 0 Å². The number of sulfonamides is 1. The molecule has 17 heavy (non-hydrogen) atoms. The van der Waals surface area contributed by atoms with Gasteiger partial charge in [-0.15, -0.1) is 17.9 Å². The number of hydrogen-bond donors (Lipinski definition) is 1. The highest BCUT2D eigenvalue weighted by atomic mass is 32.2. The molecule has 1 rings (SSSR count). The maximum absolute atomic E-state index is 12.2. The fourth-order valence-electron chi connectivity index (χ4n) is 1.45. The molecule has 0 atom stereocenters. The summed E-state index contributed by atoms with van der Waals surface area (Å²) in [6.45, 7) is 6.88. The van der Waals surface area contributed by atoms with Gasteiger partial charge in [0.05, 0.1) is 4.90 Å². The second-order valence-corrected chi connectivity index (χ2v) is 6.46. The zero-order valence-electron chi connectivity index (χ0n) is 10.1. The molecule has 0 aliphatic rings. The van der Waals surface area contributed by atoms with Crippen LogP contribution >= 0.6 is 11.3 Å². The first kappa shape index (κ1) is 14.4. The van der Waals surface area contributed by atoms with Crippen molar-refractivity contribution < 1.29 is 8.42 Å². The monoisotopic (exact) mass is 274 g/mol. The van der Waals surface area contributed by atoms with Crippen molar-refractivity contribution in [2.45, 2.75) is 18.4 Å².